The molecule has 3 aromatic rings. The van der Waals surface area contributed by atoms with Crippen molar-refractivity contribution in [2.75, 3.05) is 5.73 Å². The zero-order valence-electron chi connectivity index (χ0n) is 12.2. The molecule has 0 aliphatic heterocycles. The van der Waals surface area contributed by atoms with Gasteiger partial charge in [0.2, 0.25) is 0 Å². The van der Waals surface area contributed by atoms with E-state index in [4.69, 9.17) is 17.3 Å². The number of nitrogen functional groups attached to an aromatic ring is 1. The van der Waals surface area contributed by atoms with Gasteiger partial charge in [0, 0.05) is 10.6 Å². The van der Waals surface area contributed by atoms with Gasteiger partial charge in [-0.05, 0) is 48.9 Å². The molecule has 0 saturated carbocycles. The molecule has 0 bridgehead atoms. The molecule has 23 heavy (non-hydrogen) atoms. The minimum absolute atomic E-state index is 0.220. The fourth-order valence-electron chi connectivity index (χ4n) is 2.35. The molecule has 0 fully saturated rings. The van der Waals surface area contributed by atoms with Gasteiger partial charge in [-0.2, -0.15) is 10.4 Å². The summed E-state index contributed by atoms with van der Waals surface area (Å²) in [5, 5.41) is 14.4. The maximum atomic E-state index is 13.1. The van der Waals surface area contributed by atoms with Crippen molar-refractivity contribution in [1.82, 2.24) is 9.78 Å². The van der Waals surface area contributed by atoms with E-state index in [1.54, 1.807) is 24.3 Å². The zero-order chi connectivity index (χ0) is 16.6. The second kappa shape index (κ2) is 5.75. The number of hydrogen-bond acceptors (Lipinski definition) is 3. The molecule has 0 radical (unpaired) electrons. The Kier molecular flexibility index (Phi) is 3.77. The molecule has 2 aromatic carbocycles. The summed E-state index contributed by atoms with van der Waals surface area (Å²) in [5.74, 6) is -0.137. The normalized spacial score (nSPS) is 10.5. The molecular formula is C17H12ClFN4. The lowest BCUT2D eigenvalue weighted by atomic mass is 10.1. The van der Waals surface area contributed by atoms with Gasteiger partial charge < -0.3 is 5.73 Å². The SMILES string of the molecule is Cc1ccc(Cl)cc1-n1nc(-c2ccc(F)cc2)c(C#N)c1N. The summed E-state index contributed by atoms with van der Waals surface area (Å²) in [6.07, 6.45) is 0. The Hall–Kier alpha value is -2.84. The lowest BCUT2D eigenvalue weighted by Crippen LogP contribution is -2.04. The lowest BCUT2D eigenvalue weighted by molar-refractivity contribution is 0.628. The quantitative estimate of drug-likeness (QED) is 0.771. The van der Waals surface area contributed by atoms with Crippen LogP contribution in [0.3, 0.4) is 0 Å². The van der Waals surface area contributed by atoms with E-state index >= 15 is 0 Å². The second-order valence-corrected chi connectivity index (χ2v) is 5.51. The first-order valence-corrected chi connectivity index (χ1v) is 7.20. The van der Waals surface area contributed by atoms with Crippen LogP contribution in [0.15, 0.2) is 42.5 Å². The zero-order valence-corrected chi connectivity index (χ0v) is 13.0. The monoisotopic (exact) mass is 326 g/mol. The fourth-order valence-corrected chi connectivity index (χ4v) is 2.51. The summed E-state index contributed by atoms with van der Waals surface area (Å²) in [6.45, 7) is 1.90. The molecule has 6 heteroatoms. The summed E-state index contributed by atoms with van der Waals surface area (Å²) in [6, 6.07) is 13.2. The summed E-state index contributed by atoms with van der Waals surface area (Å²) in [4.78, 5) is 0. The van der Waals surface area contributed by atoms with Crippen LogP contribution in [0.5, 0.6) is 0 Å². The summed E-state index contributed by atoms with van der Waals surface area (Å²) in [5.41, 5.74) is 8.98. The van der Waals surface area contributed by atoms with Crippen LogP contribution < -0.4 is 5.73 Å². The largest absolute Gasteiger partial charge is 0.382 e. The highest BCUT2D eigenvalue weighted by molar-refractivity contribution is 6.30. The third-order valence-corrected chi connectivity index (χ3v) is 3.79. The highest BCUT2D eigenvalue weighted by Gasteiger charge is 2.19. The summed E-state index contributed by atoms with van der Waals surface area (Å²) in [7, 11) is 0. The Labute approximate surface area is 137 Å². The lowest BCUT2D eigenvalue weighted by Gasteiger charge is -2.08. The molecule has 0 spiro atoms. The standard InChI is InChI=1S/C17H12ClFN4/c1-10-2-5-12(18)8-15(10)23-17(21)14(9-20)16(22-23)11-3-6-13(19)7-4-11/h2-8H,21H2,1H3. The number of aryl methyl sites for hydroxylation is 1. The van der Waals surface area contributed by atoms with Crippen molar-refractivity contribution < 1.29 is 4.39 Å². The predicted molar refractivity (Wildman–Crippen MR) is 87.8 cm³/mol. The summed E-state index contributed by atoms with van der Waals surface area (Å²) < 4.78 is 14.6. The van der Waals surface area contributed by atoms with Crippen molar-refractivity contribution in [2.24, 2.45) is 0 Å². The van der Waals surface area contributed by atoms with Crippen LogP contribution in [0.25, 0.3) is 16.9 Å². The van der Waals surface area contributed by atoms with Crippen LogP contribution in [0.4, 0.5) is 10.2 Å². The Bertz CT molecular complexity index is 923. The number of nitrogens with two attached hydrogens (primary N) is 1. The molecule has 0 aliphatic rings. The first kappa shape index (κ1) is 15.1. The van der Waals surface area contributed by atoms with E-state index in [2.05, 4.69) is 11.2 Å². The van der Waals surface area contributed by atoms with E-state index in [-0.39, 0.29) is 17.2 Å². The van der Waals surface area contributed by atoms with Crippen LogP contribution in [0.2, 0.25) is 5.02 Å². The van der Waals surface area contributed by atoms with Crippen molar-refractivity contribution in [3.05, 3.63) is 64.4 Å². The smallest absolute Gasteiger partial charge is 0.145 e. The Balaban J connectivity index is 2.23. The van der Waals surface area contributed by atoms with Gasteiger partial charge in [-0.15, -0.1) is 0 Å². The van der Waals surface area contributed by atoms with Gasteiger partial charge in [-0.25, -0.2) is 9.07 Å². The van der Waals surface area contributed by atoms with Gasteiger partial charge in [-0.3, -0.25) is 0 Å². The molecule has 0 atom stereocenters. The fraction of sp³-hybridized carbons (Fsp3) is 0.0588. The number of benzene rings is 2. The topological polar surface area (TPSA) is 67.6 Å². The van der Waals surface area contributed by atoms with E-state index in [0.717, 1.165) is 5.56 Å². The number of hydrogen-bond donors (Lipinski definition) is 1. The van der Waals surface area contributed by atoms with Gasteiger partial charge >= 0.3 is 0 Å². The average molecular weight is 327 g/mol. The predicted octanol–water partition coefficient (Wildman–Crippen LogP) is 4.09. The number of anilines is 1. The Morgan fingerprint density at radius 3 is 2.57 bits per heavy atom. The molecular weight excluding hydrogens is 315 g/mol. The maximum Gasteiger partial charge on any atom is 0.145 e. The number of nitriles is 1. The molecule has 3 rings (SSSR count). The van der Waals surface area contributed by atoms with Crippen LogP contribution >= 0.6 is 11.6 Å². The van der Waals surface area contributed by atoms with Gasteiger partial charge in [0.15, 0.2) is 0 Å². The molecule has 1 aromatic heterocycles. The number of rotatable bonds is 2. The molecule has 0 unspecified atom stereocenters. The second-order valence-electron chi connectivity index (χ2n) is 5.07. The van der Waals surface area contributed by atoms with Crippen LogP contribution in [0.1, 0.15) is 11.1 Å². The van der Waals surface area contributed by atoms with Crippen molar-refractivity contribution in [2.45, 2.75) is 6.92 Å². The molecule has 0 amide bonds. The Morgan fingerprint density at radius 2 is 1.91 bits per heavy atom. The van der Waals surface area contributed by atoms with Crippen LogP contribution in [0, 0.1) is 24.1 Å². The molecule has 2 N–H and O–H groups in total. The van der Waals surface area contributed by atoms with Crippen molar-refractivity contribution in [3.8, 4) is 23.0 Å². The Morgan fingerprint density at radius 1 is 1.22 bits per heavy atom. The van der Waals surface area contributed by atoms with Gasteiger partial charge in [0.25, 0.3) is 0 Å². The highest BCUT2D eigenvalue weighted by atomic mass is 35.5. The molecule has 4 nitrogen and oxygen atoms in total. The van der Waals surface area contributed by atoms with Gasteiger partial charge in [-0.1, -0.05) is 17.7 Å². The van der Waals surface area contributed by atoms with Crippen molar-refractivity contribution in [1.29, 1.82) is 5.26 Å². The van der Waals surface area contributed by atoms with E-state index in [1.807, 2.05) is 13.0 Å². The molecule has 0 aliphatic carbocycles. The van der Waals surface area contributed by atoms with Crippen molar-refractivity contribution >= 4 is 17.4 Å². The van der Waals surface area contributed by atoms with Crippen molar-refractivity contribution in [3.63, 3.8) is 0 Å². The van der Waals surface area contributed by atoms with E-state index in [9.17, 15) is 9.65 Å². The third-order valence-electron chi connectivity index (χ3n) is 3.55. The first-order valence-electron chi connectivity index (χ1n) is 6.82. The van der Waals surface area contributed by atoms with E-state index in [1.165, 1.54) is 16.8 Å². The number of halogens is 2. The van der Waals surface area contributed by atoms with E-state index in [0.29, 0.717) is 22.0 Å². The van der Waals surface area contributed by atoms with Gasteiger partial charge in [0.05, 0.1) is 5.69 Å². The minimum Gasteiger partial charge on any atom is -0.382 e. The van der Waals surface area contributed by atoms with E-state index < -0.39 is 0 Å². The third kappa shape index (κ3) is 2.65. The van der Waals surface area contributed by atoms with Crippen LogP contribution in [-0.2, 0) is 0 Å². The summed E-state index contributed by atoms with van der Waals surface area (Å²) >= 11 is 6.05. The average Bonchev–Trinajstić information content (AvgIpc) is 2.87. The van der Waals surface area contributed by atoms with Crippen LogP contribution in [-0.4, -0.2) is 9.78 Å². The maximum absolute atomic E-state index is 13.1. The molecule has 114 valence electrons. The van der Waals surface area contributed by atoms with Gasteiger partial charge in [0.1, 0.15) is 29.0 Å². The minimum atomic E-state index is -0.356. The number of nitrogens with zero attached hydrogens (tertiary/aromatic N) is 3. The number of aromatic nitrogens is 2. The molecule has 0 saturated heterocycles. The first-order chi connectivity index (χ1) is 11.0. The highest BCUT2D eigenvalue weighted by Crippen LogP contribution is 2.30. The molecule has 1 heterocycles.